The zero-order chi connectivity index (χ0) is 18.0. The minimum Gasteiger partial charge on any atom is -0.273 e. The summed E-state index contributed by atoms with van der Waals surface area (Å²) in [4.78, 5) is 45.9. The highest BCUT2D eigenvalue weighted by Crippen LogP contribution is 2.28. The van der Waals surface area contributed by atoms with Gasteiger partial charge in [-0.25, -0.2) is 19.7 Å². The van der Waals surface area contributed by atoms with Gasteiger partial charge in [0, 0.05) is 18.0 Å². The summed E-state index contributed by atoms with van der Waals surface area (Å²) in [5.74, 6) is -1.55. The van der Waals surface area contributed by atoms with E-state index in [1.54, 1.807) is 18.2 Å². The van der Waals surface area contributed by atoms with E-state index in [4.69, 9.17) is 11.6 Å². The molecule has 1 fully saturated rings. The first-order valence-electron chi connectivity index (χ1n) is 7.03. The van der Waals surface area contributed by atoms with E-state index in [1.165, 1.54) is 36.3 Å². The number of imide groups is 2. The summed E-state index contributed by atoms with van der Waals surface area (Å²) >= 11 is 7.43. The topological polar surface area (TPSA) is 92.3 Å². The Bertz CT molecular complexity index is 899. The smallest absolute Gasteiger partial charge is 0.273 e. The van der Waals surface area contributed by atoms with Crippen LogP contribution in [0.15, 0.2) is 47.4 Å². The van der Waals surface area contributed by atoms with Gasteiger partial charge in [-0.3, -0.25) is 14.9 Å². The van der Waals surface area contributed by atoms with Crippen LogP contribution in [0.5, 0.6) is 0 Å². The molecule has 3 rings (SSSR count). The Hall–Kier alpha value is -2.71. The molecule has 4 amide bonds. The minimum absolute atomic E-state index is 0.194. The Morgan fingerprint density at radius 3 is 2.48 bits per heavy atom. The van der Waals surface area contributed by atoms with Gasteiger partial charge in [-0.05, 0) is 24.5 Å². The number of hydrogen-bond donors (Lipinski definition) is 1. The number of halogens is 1. The average Bonchev–Trinajstić information content (AvgIpc) is 2.60. The third-order valence-electron chi connectivity index (χ3n) is 3.34. The molecule has 126 valence electrons. The van der Waals surface area contributed by atoms with Crippen molar-refractivity contribution in [3.8, 4) is 0 Å². The van der Waals surface area contributed by atoms with E-state index in [9.17, 15) is 14.4 Å². The second-order valence-corrected chi connectivity index (χ2v) is 6.09. The fourth-order valence-electron chi connectivity index (χ4n) is 2.18. The molecular weight excluding hydrogens is 364 g/mol. The number of aromatic nitrogens is 2. The molecule has 7 nitrogen and oxygen atoms in total. The molecule has 1 aromatic carbocycles. The molecule has 0 aliphatic carbocycles. The number of benzene rings is 1. The van der Waals surface area contributed by atoms with E-state index in [0.29, 0.717) is 10.7 Å². The van der Waals surface area contributed by atoms with Gasteiger partial charge in [0.2, 0.25) is 0 Å². The van der Waals surface area contributed by atoms with Crippen LogP contribution in [0.3, 0.4) is 0 Å². The first kappa shape index (κ1) is 17.1. The molecule has 0 atom stereocenters. The van der Waals surface area contributed by atoms with Gasteiger partial charge in [-0.2, -0.15) is 0 Å². The molecule has 0 spiro atoms. The molecular formula is C16H11ClN4O3S. The molecule has 2 heterocycles. The van der Waals surface area contributed by atoms with E-state index in [0.717, 1.165) is 4.90 Å². The zero-order valence-electron chi connectivity index (χ0n) is 12.9. The second-order valence-electron chi connectivity index (χ2n) is 4.91. The number of nitrogens with one attached hydrogen (secondary N) is 1. The molecule has 0 radical (unpaired) electrons. The van der Waals surface area contributed by atoms with Crippen molar-refractivity contribution in [2.45, 2.75) is 5.16 Å². The summed E-state index contributed by atoms with van der Waals surface area (Å²) in [5.41, 5.74) is 0.448. The maximum Gasteiger partial charge on any atom is 0.335 e. The average molecular weight is 375 g/mol. The summed E-state index contributed by atoms with van der Waals surface area (Å²) in [5, 5.41) is 2.91. The van der Waals surface area contributed by atoms with Gasteiger partial charge in [-0.1, -0.05) is 35.5 Å². The van der Waals surface area contributed by atoms with E-state index in [-0.39, 0.29) is 16.3 Å². The largest absolute Gasteiger partial charge is 0.335 e. The number of carbonyl (C=O) groups excluding carboxylic acids is 3. The van der Waals surface area contributed by atoms with E-state index >= 15 is 0 Å². The van der Waals surface area contributed by atoms with Crippen molar-refractivity contribution in [3.05, 3.63) is 52.8 Å². The third-order valence-corrected chi connectivity index (χ3v) is 4.23. The van der Waals surface area contributed by atoms with Crippen LogP contribution in [0, 0.1) is 0 Å². The first-order valence-corrected chi connectivity index (χ1v) is 8.63. The van der Waals surface area contributed by atoms with E-state index < -0.39 is 17.8 Å². The minimum atomic E-state index is -0.853. The van der Waals surface area contributed by atoms with Crippen LogP contribution < -0.4 is 10.2 Å². The Kier molecular flexibility index (Phi) is 4.82. The maximum atomic E-state index is 12.7. The monoisotopic (exact) mass is 374 g/mol. The lowest BCUT2D eigenvalue weighted by Crippen LogP contribution is -2.54. The number of anilines is 1. The van der Waals surface area contributed by atoms with Crippen LogP contribution in [0.2, 0.25) is 5.02 Å². The van der Waals surface area contributed by atoms with Crippen LogP contribution in [0.4, 0.5) is 10.5 Å². The van der Waals surface area contributed by atoms with Crippen molar-refractivity contribution in [1.82, 2.24) is 15.3 Å². The maximum absolute atomic E-state index is 12.7. The summed E-state index contributed by atoms with van der Waals surface area (Å²) in [6, 6.07) is 5.52. The highest BCUT2D eigenvalue weighted by atomic mass is 35.5. The van der Waals surface area contributed by atoms with Crippen molar-refractivity contribution < 1.29 is 14.4 Å². The number of para-hydroxylation sites is 1. The standard InChI is InChI=1S/C16H11ClN4O3S/c1-25-15-18-7-9(8-19-15)6-10-13(22)20-16(24)21(14(10)23)12-5-3-2-4-11(12)17/h2-8H,1H3,(H,20,22,24)/b10-6-. The van der Waals surface area contributed by atoms with E-state index in [2.05, 4.69) is 15.3 Å². The van der Waals surface area contributed by atoms with Crippen LogP contribution >= 0.6 is 23.4 Å². The molecule has 0 saturated carbocycles. The number of rotatable bonds is 3. The Labute approximate surface area is 152 Å². The van der Waals surface area contributed by atoms with Crippen molar-refractivity contribution in [2.75, 3.05) is 11.2 Å². The Morgan fingerprint density at radius 1 is 1.16 bits per heavy atom. The van der Waals surface area contributed by atoms with Gasteiger partial charge in [0.25, 0.3) is 11.8 Å². The molecule has 0 bridgehead atoms. The van der Waals surface area contributed by atoms with Crippen LogP contribution in [-0.2, 0) is 9.59 Å². The van der Waals surface area contributed by atoms with Gasteiger partial charge in [-0.15, -0.1) is 0 Å². The van der Waals surface area contributed by atoms with Crippen molar-refractivity contribution in [2.24, 2.45) is 0 Å². The first-order chi connectivity index (χ1) is 12.0. The van der Waals surface area contributed by atoms with Crippen LogP contribution in [-0.4, -0.2) is 34.1 Å². The Morgan fingerprint density at radius 2 is 1.84 bits per heavy atom. The number of carbonyl (C=O) groups is 3. The third kappa shape index (κ3) is 3.40. The van der Waals surface area contributed by atoms with Crippen LogP contribution in [0.1, 0.15) is 5.56 Å². The summed E-state index contributed by atoms with van der Waals surface area (Å²) in [7, 11) is 0. The van der Waals surface area contributed by atoms with Crippen LogP contribution in [0.25, 0.3) is 6.08 Å². The fraction of sp³-hybridized carbons (Fsp3) is 0.0625. The normalized spacial score (nSPS) is 16.3. The van der Waals surface area contributed by atoms with Crippen molar-refractivity contribution in [1.29, 1.82) is 0 Å². The van der Waals surface area contributed by atoms with Gasteiger partial charge in [0.1, 0.15) is 5.57 Å². The molecule has 0 unspecified atom stereocenters. The van der Waals surface area contributed by atoms with Crippen molar-refractivity contribution >= 4 is 53.0 Å². The molecule has 9 heteroatoms. The zero-order valence-corrected chi connectivity index (χ0v) is 14.5. The number of amides is 4. The number of barbiturate groups is 1. The van der Waals surface area contributed by atoms with Gasteiger partial charge in [0.15, 0.2) is 5.16 Å². The second kappa shape index (κ2) is 7.04. The number of thioether (sulfide) groups is 1. The molecule has 1 aromatic heterocycles. The fourth-order valence-corrected chi connectivity index (χ4v) is 2.72. The highest BCUT2D eigenvalue weighted by molar-refractivity contribution is 7.98. The predicted molar refractivity (Wildman–Crippen MR) is 94.3 cm³/mol. The highest BCUT2D eigenvalue weighted by Gasteiger charge is 2.37. The van der Waals surface area contributed by atoms with Gasteiger partial charge >= 0.3 is 6.03 Å². The van der Waals surface area contributed by atoms with Crippen molar-refractivity contribution in [3.63, 3.8) is 0 Å². The van der Waals surface area contributed by atoms with Gasteiger partial charge < -0.3 is 0 Å². The molecule has 1 N–H and O–H groups in total. The molecule has 1 aliphatic heterocycles. The number of urea groups is 1. The molecule has 25 heavy (non-hydrogen) atoms. The summed E-state index contributed by atoms with van der Waals surface area (Å²) < 4.78 is 0. The Balaban J connectivity index is 2.00. The lowest BCUT2D eigenvalue weighted by molar-refractivity contribution is -0.122. The molecule has 1 saturated heterocycles. The predicted octanol–water partition coefficient (Wildman–Crippen LogP) is 2.52. The summed E-state index contributed by atoms with van der Waals surface area (Å²) in [6.07, 6.45) is 6.14. The number of nitrogens with zero attached hydrogens (tertiary/aromatic N) is 3. The van der Waals surface area contributed by atoms with Gasteiger partial charge in [0.05, 0.1) is 10.7 Å². The quantitative estimate of drug-likeness (QED) is 0.384. The SMILES string of the molecule is CSc1ncc(/C=C2/C(=O)NC(=O)N(c3ccccc3Cl)C2=O)cn1. The summed E-state index contributed by atoms with van der Waals surface area (Å²) in [6.45, 7) is 0. The molecule has 1 aliphatic rings. The lowest BCUT2D eigenvalue weighted by atomic mass is 10.1. The van der Waals surface area contributed by atoms with E-state index in [1.807, 2.05) is 6.26 Å². The molecule has 2 aromatic rings. The number of hydrogen-bond acceptors (Lipinski definition) is 6. The lowest BCUT2D eigenvalue weighted by Gasteiger charge is -2.26.